The first-order valence-corrected chi connectivity index (χ1v) is 7.97. The summed E-state index contributed by atoms with van der Waals surface area (Å²) < 4.78 is 5.72. The Morgan fingerprint density at radius 2 is 2.14 bits per heavy atom. The van der Waals surface area contributed by atoms with Gasteiger partial charge in [0.2, 0.25) is 5.91 Å². The second kappa shape index (κ2) is 5.79. The molecule has 0 saturated carbocycles. The highest BCUT2D eigenvalue weighted by Crippen LogP contribution is 2.32. The van der Waals surface area contributed by atoms with Gasteiger partial charge in [-0.2, -0.15) is 0 Å². The summed E-state index contributed by atoms with van der Waals surface area (Å²) in [6.07, 6.45) is 7.38. The summed E-state index contributed by atoms with van der Waals surface area (Å²) in [5.74, 6) is 1.99. The highest BCUT2D eigenvalue weighted by Gasteiger charge is 2.36. The van der Waals surface area contributed by atoms with E-state index in [1.165, 1.54) is 0 Å². The van der Waals surface area contributed by atoms with Gasteiger partial charge in [0.15, 0.2) is 0 Å². The third-order valence-corrected chi connectivity index (χ3v) is 4.76. The summed E-state index contributed by atoms with van der Waals surface area (Å²) >= 11 is 0. The van der Waals surface area contributed by atoms with Crippen LogP contribution in [0.1, 0.15) is 51.3 Å². The van der Waals surface area contributed by atoms with Gasteiger partial charge in [0.25, 0.3) is 0 Å². The van der Waals surface area contributed by atoms with E-state index in [-0.39, 0.29) is 11.5 Å². The molecule has 2 fully saturated rings. The molecule has 3 rings (SSSR count). The Hall–Kier alpha value is -1.36. The molecule has 116 valence electrons. The predicted octanol–water partition coefficient (Wildman–Crippen LogP) is 2.32. The molecule has 21 heavy (non-hydrogen) atoms. The first kappa shape index (κ1) is 14.6. The van der Waals surface area contributed by atoms with Crippen LogP contribution in [0.15, 0.2) is 12.4 Å². The van der Waals surface area contributed by atoms with Crippen LogP contribution >= 0.6 is 0 Å². The Labute approximate surface area is 126 Å². The number of likely N-dealkylation sites (tertiary alicyclic amines) is 1. The number of nitrogens with zero attached hydrogens (tertiary/aromatic N) is 2. The Balaban J connectivity index is 1.55. The molecule has 1 atom stereocenters. The molecular formula is C16H25N3O2. The van der Waals surface area contributed by atoms with Crippen LogP contribution in [-0.4, -0.2) is 46.1 Å². The third kappa shape index (κ3) is 3.28. The van der Waals surface area contributed by atoms with E-state index in [0.29, 0.717) is 18.4 Å². The fourth-order valence-corrected chi connectivity index (χ4v) is 3.57. The van der Waals surface area contributed by atoms with Crippen molar-refractivity contribution in [1.29, 1.82) is 0 Å². The van der Waals surface area contributed by atoms with Crippen LogP contribution in [0.25, 0.3) is 0 Å². The molecule has 3 heterocycles. The monoisotopic (exact) mass is 291 g/mol. The van der Waals surface area contributed by atoms with Crippen molar-refractivity contribution in [1.82, 2.24) is 14.9 Å². The van der Waals surface area contributed by atoms with E-state index in [4.69, 9.17) is 4.74 Å². The molecule has 1 aromatic rings. The standard InChI is InChI=1S/C16H25N3O2/c1-16(2)11-13(5-10-21-16)15(20)19-8-3-12(4-9-19)14-17-6-7-18-14/h6-7,12-13H,3-5,8-11H2,1-2H3,(H,17,18)/t13-/m0/s1. The zero-order valence-electron chi connectivity index (χ0n) is 13.0. The van der Waals surface area contributed by atoms with Crippen molar-refractivity contribution in [2.45, 2.75) is 51.0 Å². The highest BCUT2D eigenvalue weighted by atomic mass is 16.5. The normalized spacial score (nSPS) is 26.8. The smallest absolute Gasteiger partial charge is 0.225 e. The molecular weight excluding hydrogens is 266 g/mol. The van der Waals surface area contributed by atoms with Crippen LogP contribution < -0.4 is 0 Å². The molecule has 0 aromatic carbocycles. The van der Waals surface area contributed by atoms with Crippen molar-refractivity contribution in [2.24, 2.45) is 5.92 Å². The lowest BCUT2D eigenvalue weighted by atomic mass is 9.86. The number of aromatic nitrogens is 2. The molecule has 0 bridgehead atoms. The lowest BCUT2D eigenvalue weighted by molar-refractivity contribution is -0.146. The van der Waals surface area contributed by atoms with E-state index in [0.717, 1.165) is 44.6 Å². The van der Waals surface area contributed by atoms with Crippen LogP contribution in [0, 0.1) is 5.92 Å². The number of H-pyrrole nitrogens is 1. The van der Waals surface area contributed by atoms with Gasteiger partial charge in [-0.1, -0.05) is 0 Å². The maximum absolute atomic E-state index is 12.7. The van der Waals surface area contributed by atoms with Gasteiger partial charge in [-0.15, -0.1) is 0 Å². The Bertz CT molecular complexity index is 476. The lowest BCUT2D eigenvalue weighted by Gasteiger charge is -2.39. The fourth-order valence-electron chi connectivity index (χ4n) is 3.57. The molecule has 5 nitrogen and oxygen atoms in total. The van der Waals surface area contributed by atoms with Crippen LogP contribution in [0.5, 0.6) is 0 Å². The second-order valence-electron chi connectivity index (χ2n) is 6.87. The molecule has 1 aromatic heterocycles. The van der Waals surface area contributed by atoms with Crippen molar-refractivity contribution in [3.8, 4) is 0 Å². The molecule has 1 amide bonds. The van der Waals surface area contributed by atoms with Crippen LogP contribution in [-0.2, 0) is 9.53 Å². The van der Waals surface area contributed by atoms with E-state index >= 15 is 0 Å². The second-order valence-corrected chi connectivity index (χ2v) is 6.87. The maximum atomic E-state index is 12.7. The van der Waals surface area contributed by atoms with Crippen LogP contribution in [0.3, 0.4) is 0 Å². The average Bonchev–Trinajstić information content (AvgIpc) is 3.00. The van der Waals surface area contributed by atoms with Gasteiger partial charge >= 0.3 is 0 Å². The summed E-state index contributed by atoms with van der Waals surface area (Å²) in [5, 5.41) is 0. The SMILES string of the molecule is CC1(C)C[C@@H](C(=O)N2CCC(c3ncc[nH]3)CC2)CCO1. The Kier molecular flexibility index (Phi) is 4.02. The predicted molar refractivity (Wildman–Crippen MR) is 79.9 cm³/mol. The number of nitrogens with one attached hydrogen (secondary N) is 1. The number of rotatable bonds is 2. The molecule has 2 aliphatic heterocycles. The summed E-state index contributed by atoms with van der Waals surface area (Å²) in [4.78, 5) is 22.3. The average molecular weight is 291 g/mol. The summed E-state index contributed by atoms with van der Waals surface area (Å²) in [6.45, 7) is 6.56. The molecule has 0 spiro atoms. The number of hydrogen-bond acceptors (Lipinski definition) is 3. The largest absolute Gasteiger partial charge is 0.376 e. The number of carbonyl (C=O) groups excluding carboxylic acids is 1. The lowest BCUT2D eigenvalue weighted by Crippen LogP contribution is -2.46. The molecule has 1 N–H and O–H groups in total. The van der Waals surface area contributed by atoms with Gasteiger partial charge in [-0.25, -0.2) is 4.98 Å². The first-order valence-electron chi connectivity index (χ1n) is 7.97. The highest BCUT2D eigenvalue weighted by molar-refractivity contribution is 5.79. The van der Waals surface area contributed by atoms with E-state index in [1.54, 1.807) is 6.20 Å². The van der Waals surface area contributed by atoms with Crippen LogP contribution in [0.2, 0.25) is 0 Å². The quantitative estimate of drug-likeness (QED) is 0.909. The number of imidazole rings is 1. The number of amides is 1. The van der Waals surface area contributed by atoms with Gasteiger partial charge in [-0.05, 0) is 39.5 Å². The van der Waals surface area contributed by atoms with Crippen molar-refractivity contribution in [2.75, 3.05) is 19.7 Å². The topological polar surface area (TPSA) is 58.2 Å². The number of carbonyl (C=O) groups is 1. The molecule has 2 saturated heterocycles. The molecule has 0 radical (unpaired) electrons. The van der Waals surface area contributed by atoms with E-state index in [9.17, 15) is 4.79 Å². The fraction of sp³-hybridized carbons (Fsp3) is 0.750. The molecule has 5 heteroatoms. The van der Waals surface area contributed by atoms with Gasteiger partial charge in [0.1, 0.15) is 5.82 Å². The number of hydrogen-bond donors (Lipinski definition) is 1. The minimum atomic E-state index is -0.162. The van der Waals surface area contributed by atoms with E-state index in [2.05, 4.69) is 23.8 Å². The first-order chi connectivity index (χ1) is 10.1. The third-order valence-electron chi connectivity index (χ3n) is 4.76. The number of aromatic amines is 1. The number of piperidine rings is 1. The molecule has 0 aliphatic carbocycles. The van der Waals surface area contributed by atoms with Gasteiger partial charge in [0, 0.05) is 43.9 Å². The van der Waals surface area contributed by atoms with Crippen LogP contribution in [0.4, 0.5) is 0 Å². The summed E-state index contributed by atoms with van der Waals surface area (Å²) in [5.41, 5.74) is -0.162. The minimum absolute atomic E-state index is 0.133. The van der Waals surface area contributed by atoms with E-state index < -0.39 is 0 Å². The van der Waals surface area contributed by atoms with Crippen molar-refractivity contribution in [3.05, 3.63) is 18.2 Å². The van der Waals surface area contributed by atoms with Gasteiger partial charge in [0.05, 0.1) is 5.60 Å². The molecule has 0 unspecified atom stereocenters. The molecule has 2 aliphatic rings. The minimum Gasteiger partial charge on any atom is -0.376 e. The van der Waals surface area contributed by atoms with Gasteiger partial charge < -0.3 is 14.6 Å². The zero-order valence-corrected chi connectivity index (χ0v) is 13.0. The van der Waals surface area contributed by atoms with E-state index in [1.807, 2.05) is 11.1 Å². The Morgan fingerprint density at radius 1 is 1.38 bits per heavy atom. The zero-order chi connectivity index (χ0) is 14.9. The maximum Gasteiger partial charge on any atom is 0.225 e. The Morgan fingerprint density at radius 3 is 2.76 bits per heavy atom. The van der Waals surface area contributed by atoms with Crippen molar-refractivity contribution >= 4 is 5.91 Å². The van der Waals surface area contributed by atoms with Crippen molar-refractivity contribution in [3.63, 3.8) is 0 Å². The summed E-state index contributed by atoms with van der Waals surface area (Å²) in [6, 6.07) is 0. The van der Waals surface area contributed by atoms with Crippen molar-refractivity contribution < 1.29 is 9.53 Å². The number of ether oxygens (including phenoxy) is 1. The summed E-state index contributed by atoms with van der Waals surface area (Å²) in [7, 11) is 0. The van der Waals surface area contributed by atoms with Gasteiger partial charge in [-0.3, -0.25) is 4.79 Å².